The van der Waals surface area contributed by atoms with Crippen molar-refractivity contribution in [2.24, 2.45) is 0 Å². The molecule has 0 saturated heterocycles. The molecule has 1 aliphatic rings. The minimum absolute atomic E-state index is 0. The van der Waals surface area contributed by atoms with Crippen molar-refractivity contribution < 1.29 is 17.4 Å². The normalized spacial score (nSPS) is 9.67. The van der Waals surface area contributed by atoms with E-state index in [-0.39, 0.29) is 87.8 Å². The van der Waals surface area contributed by atoms with Gasteiger partial charge < -0.3 is 29.7 Å². The minimum atomic E-state index is -0.338. The Balaban J connectivity index is -0.000000107. The second-order valence-electron chi connectivity index (χ2n) is 5.96. The molecule has 2 aromatic rings. The maximum atomic E-state index is 2.99. The van der Waals surface area contributed by atoms with Crippen molar-refractivity contribution in [2.75, 3.05) is 0 Å². The largest absolute Gasteiger partial charge is 5.00 e. The van der Waals surface area contributed by atoms with E-state index in [0.717, 1.165) is 6.42 Å². The maximum Gasteiger partial charge on any atom is 5.00 e. The van der Waals surface area contributed by atoms with Crippen molar-refractivity contribution in [1.29, 1.82) is 0 Å². The molecule has 168 valence electrons. The SMILES string of the molecule is Cc1ccc(P(c2ccc(C)cc2)[Si](C)C)cc1.Cl.Cl.[C-]1=CC=CC1.[CH3-].[CH3-].[CH3-].[CH3-].[Cr+5]. The summed E-state index contributed by atoms with van der Waals surface area (Å²) in [5.74, 6) is 0. The number of halogens is 2. The standard InChI is InChI=1S/C16H20PSi.C5H5.4CH3.2ClH.Cr/c1-13-5-9-15(10-6-13)17(18(3)4)16-11-7-14(2)8-12-16;1-2-4-5-3-1;;;;;;;/h5-12H,1-4H3;1-3H,4H2;4*1H3;2*1H;/q;5*-1;;;+5. The fourth-order valence-electron chi connectivity index (χ4n) is 2.39. The van der Waals surface area contributed by atoms with Gasteiger partial charge in [0.05, 0.1) is 8.46 Å². The molecule has 2 aromatic carbocycles. The number of aryl methyl sites for hydroxylation is 2. The molecular weight excluding hydrogens is 482 g/mol. The smallest absolute Gasteiger partial charge is 0.358 e. The Kier molecular flexibility index (Phi) is 33.9. The molecule has 0 spiro atoms. The van der Waals surface area contributed by atoms with E-state index >= 15 is 0 Å². The van der Waals surface area contributed by atoms with Crippen LogP contribution in [-0.2, 0) is 17.4 Å². The first-order chi connectivity index (χ1) is 11.1. The first kappa shape index (κ1) is 43.5. The van der Waals surface area contributed by atoms with E-state index in [9.17, 15) is 0 Å². The third-order valence-corrected chi connectivity index (χ3v) is 10.4. The van der Waals surface area contributed by atoms with Gasteiger partial charge in [-0.2, -0.15) is 6.08 Å². The van der Waals surface area contributed by atoms with Gasteiger partial charge in [-0.25, -0.2) is 12.2 Å². The molecule has 0 amide bonds. The van der Waals surface area contributed by atoms with E-state index in [1.807, 2.05) is 12.2 Å². The molecule has 0 aliphatic heterocycles. The first-order valence-corrected chi connectivity index (χ1v) is 12.7. The Bertz CT molecular complexity index is 613. The fraction of sp³-hybridized carbons (Fsp3) is 0.200. The van der Waals surface area contributed by atoms with Crippen LogP contribution >= 0.6 is 32.3 Å². The molecule has 5 heteroatoms. The second-order valence-corrected chi connectivity index (χ2v) is 13.6. The van der Waals surface area contributed by atoms with Crippen LogP contribution in [0.25, 0.3) is 0 Å². The molecule has 0 aromatic heterocycles. The van der Waals surface area contributed by atoms with Gasteiger partial charge in [-0.3, -0.25) is 6.08 Å². The molecule has 3 rings (SSSR count). The van der Waals surface area contributed by atoms with Crippen molar-refractivity contribution in [3.8, 4) is 0 Å². The van der Waals surface area contributed by atoms with E-state index in [2.05, 4.69) is 87.6 Å². The molecule has 0 bridgehead atoms. The quantitative estimate of drug-likeness (QED) is 0.219. The van der Waals surface area contributed by atoms with E-state index in [4.69, 9.17) is 0 Å². The average molecular weight is 522 g/mol. The van der Waals surface area contributed by atoms with Crippen molar-refractivity contribution >= 4 is 51.4 Å². The molecule has 0 heterocycles. The summed E-state index contributed by atoms with van der Waals surface area (Å²) in [6.45, 7) is 9.16. The summed E-state index contributed by atoms with van der Waals surface area (Å²) >= 11 is 0. The number of hydrogen-bond donors (Lipinski definition) is 0. The predicted octanol–water partition coefficient (Wildman–Crippen LogP) is 7.94. The van der Waals surface area contributed by atoms with Gasteiger partial charge in [0.25, 0.3) is 0 Å². The zero-order valence-corrected chi connectivity index (χ0v) is 24.5. The van der Waals surface area contributed by atoms with Crippen LogP contribution in [-0.4, -0.2) is 8.46 Å². The number of benzene rings is 2. The topological polar surface area (TPSA) is 0 Å². The van der Waals surface area contributed by atoms with Gasteiger partial charge in [-0.05, 0) is 24.5 Å². The van der Waals surface area contributed by atoms with Crippen LogP contribution in [0.15, 0.2) is 66.8 Å². The van der Waals surface area contributed by atoms with E-state index in [1.165, 1.54) is 21.7 Å². The van der Waals surface area contributed by atoms with Gasteiger partial charge in [-0.15, -0.1) is 31.2 Å². The van der Waals surface area contributed by atoms with Crippen molar-refractivity contribution in [3.05, 3.63) is 114 Å². The van der Waals surface area contributed by atoms with Gasteiger partial charge in [0, 0.05) is 0 Å². The van der Waals surface area contributed by atoms with Crippen LogP contribution in [0.5, 0.6) is 0 Å². The Labute approximate surface area is 214 Å². The third kappa shape index (κ3) is 14.6. The predicted molar refractivity (Wildman–Crippen MR) is 148 cm³/mol. The number of rotatable bonds is 3. The van der Waals surface area contributed by atoms with Gasteiger partial charge >= 0.3 is 17.4 Å². The zero-order chi connectivity index (χ0) is 16.7. The van der Waals surface area contributed by atoms with Crippen molar-refractivity contribution in [2.45, 2.75) is 33.4 Å². The monoisotopic (exact) mass is 520 g/mol. The fourth-order valence-corrected chi connectivity index (χ4v) is 8.61. The summed E-state index contributed by atoms with van der Waals surface area (Å²) in [4.78, 5) is 0. The molecule has 0 unspecified atom stereocenters. The Morgan fingerprint density at radius 2 is 1.10 bits per heavy atom. The molecule has 0 nitrogen and oxygen atoms in total. The third-order valence-electron chi connectivity index (χ3n) is 3.62. The van der Waals surface area contributed by atoms with E-state index in [1.54, 1.807) is 0 Å². The summed E-state index contributed by atoms with van der Waals surface area (Å²) in [7, 11) is -0.471. The van der Waals surface area contributed by atoms with Gasteiger partial charge in [0.15, 0.2) is 0 Å². The minimum Gasteiger partial charge on any atom is -0.358 e. The molecule has 2 radical (unpaired) electrons. The van der Waals surface area contributed by atoms with E-state index < -0.39 is 0 Å². The zero-order valence-electron chi connectivity index (χ0n) is 19.7. The summed E-state index contributed by atoms with van der Waals surface area (Å²) in [5.41, 5.74) is 2.69. The molecule has 30 heavy (non-hydrogen) atoms. The molecule has 0 atom stereocenters. The summed E-state index contributed by atoms with van der Waals surface area (Å²) < 4.78 is 0. The van der Waals surface area contributed by atoms with Crippen LogP contribution in [0.4, 0.5) is 0 Å². The van der Waals surface area contributed by atoms with Crippen LogP contribution in [0.1, 0.15) is 17.5 Å². The van der Waals surface area contributed by atoms with Gasteiger partial charge in [0.1, 0.15) is 0 Å². The molecular formula is C25H39Cl2CrPSi. The summed E-state index contributed by atoms with van der Waals surface area (Å²) in [6.07, 6.45) is 10.0. The van der Waals surface area contributed by atoms with Crippen molar-refractivity contribution in [3.63, 3.8) is 0 Å². The molecule has 0 N–H and O–H groups in total. The molecule has 0 saturated carbocycles. The van der Waals surface area contributed by atoms with Crippen LogP contribution in [0.3, 0.4) is 0 Å². The van der Waals surface area contributed by atoms with Crippen LogP contribution in [0, 0.1) is 49.6 Å². The Hall–Kier alpha value is -0.321. The van der Waals surface area contributed by atoms with Crippen LogP contribution in [0.2, 0.25) is 13.1 Å². The number of hydrogen-bond acceptors (Lipinski definition) is 0. The maximum absolute atomic E-state index is 2.99. The average Bonchev–Trinajstić information content (AvgIpc) is 3.11. The molecule has 1 aliphatic carbocycles. The Morgan fingerprint density at radius 1 is 0.733 bits per heavy atom. The van der Waals surface area contributed by atoms with Gasteiger partial charge in [0.2, 0.25) is 0 Å². The summed E-state index contributed by atoms with van der Waals surface area (Å²) in [6, 6.07) is 18.2. The van der Waals surface area contributed by atoms with Crippen LogP contribution < -0.4 is 10.6 Å². The second kappa shape index (κ2) is 23.3. The first-order valence-electron chi connectivity index (χ1n) is 8.03. The summed E-state index contributed by atoms with van der Waals surface area (Å²) in [5, 5.41) is 3.05. The Morgan fingerprint density at radius 3 is 1.30 bits per heavy atom. The van der Waals surface area contributed by atoms with Crippen molar-refractivity contribution in [1.82, 2.24) is 0 Å². The van der Waals surface area contributed by atoms with E-state index in [0.29, 0.717) is 0 Å². The number of allylic oxidation sites excluding steroid dienone is 4. The molecule has 0 fully saturated rings. The van der Waals surface area contributed by atoms with Gasteiger partial charge in [-0.1, -0.05) is 80.2 Å².